The number of amides is 2. The summed E-state index contributed by atoms with van der Waals surface area (Å²) < 4.78 is 1.44. The fourth-order valence-electron chi connectivity index (χ4n) is 3.37. The third kappa shape index (κ3) is 3.47. The van der Waals surface area contributed by atoms with E-state index < -0.39 is 5.92 Å². The fourth-order valence-corrected chi connectivity index (χ4v) is 4.49. The van der Waals surface area contributed by atoms with Gasteiger partial charge in [-0.05, 0) is 36.1 Å². The zero-order valence-electron chi connectivity index (χ0n) is 15.0. The quantitative estimate of drug-likeness (QED) is 0.606. The molecule has 1 unspecified atom stereocenters. The summed E-state index contributed by atoms with van der Waals surface area (Å²) in [6, 6.07) is 9.23. The number of carbonyl (C=O) groups excluding carboxylic acids is 2. The van der Waals surface area contributed by atoms with Crippen LogP contribution in [0, 0.1) is 5.92 Å². The van der Waals surface area contributed by atoms with Gasteiger partial charge in [0.1, 0.15) is 16.4 Å². The van der Waals surface area contributed by atoms with Crippen LogP contribution in [0.5, 0.6) is 0 Å². The Morgan fingerprint density at radius 2 is 2.21 bits per heavy atom. The Morgan fingerprint density at radius 3 is 3.00 bits per heavy atom. The van der Waals surface area contributed by atoms with Gasteiger partial charge < -0.3 is 14.8 Å². The van der Waals surface area contributed by atoms with Crippen LogP contribution < -0.4 is 10.5 Å². The first kappa shape index (κ1) is 18.8. The molecule has 3 heterocycles. The maximum absolute atomic E-state index is 12.9. The molecule has 0 aliphatic carbocycles. The number of hydrogen-bond acceptors (Lipinski definition) is 5. The molecule has 1 aliphatic heterocycles. The molecule has 0 radical (unpaired) electrons. The highest BCUT2D eigenvalue weighted by atomic mass is 79.9. The first-order valence-corrected chi connectivity index (χ1v) is 10.4. The summed E-state index contributed by atoms with van der Waals surface area (Å²) in [5.41, 5.74) is 1.17. The predicted octanol–water partition coefficient (Wildman–Crippen LogP) is 2.76. The second-order valence-electron chi connectivity index (χ2n) is 6.65. The van der Waals surface area contributed by atoms with E-state index in [9.17, 15) is 14.4 Å². The Balaban J connectivity index is 1.49. The van der Waals surface area contributed by atoms with Crippen LogP contribution in [0.4, 0.5) is 5.69 Å². The van der Waals surface area contributed by atoms with Crippen molar-refractivity contribution in [2.45, 2.75) is 13.0 Å². The van der Waals surface area contributed by atoms with Crippen molar-refractivity contribution in [2.24, 2.45) is 5.92 Å². The number of nitrogens with one attached hydrogen (secondary N) is 1. The normalized spacial score (nSPS) is 16.7. The minimum absolute atomic E-state index is 0.139. The average molecular weight is 461 g/mol. The fraction of sp³-hybridized carbons (Fsp3) is 0.263. The zero-order valence-corrected chi connectivity index (χ0v) is 17.4. The summed E-state index contributed by atoms with van der Waals surface area (Å²) in [5.74, 6) is -0.790. The van der Waals surface area contributed by atoms with Crippen LogP contribution in [0.15, 0.2) is 45.0 Å². The van der Waals surface area contributed by atoms with E-state index in [4.69, 9.17) is 0 Å². The minimum Gasteiger partial charge on any atom is -0.338 e. The number of hydrogen-bond donors (Lipinski definition) is 1. The molecule has 1 fully saturated rings. The molecule has 0 spiro atoms. The Labute approximate surface area is 173 Å². The number of benzene rings is 1. The topological polar surface area (TPSA) is 86.4 Å². The average Bonchev–Trinajstić information content (AvgIpc) is 3.28. The van der Waals surface area contributed by atoms with Gasteiger partial charge in [0, 0.05) is 23.8 Å². The first-order chi connectivity index (χ1) is 13.4. The summed E-state index contributed by atoms with van der Waals surface area (Å²) in [7, 11) is 1.62. The van der Waals surface area contributed by atoms with Gasteiger partial charge in [-0.1, -0.05) is 22.0 Å². The molecule has 0 saturated carbocycles. The lowest BCUT2D eigenvalue weighted by atomic mass is 10.1. The van der Waals surface area contributed by atoms with Crippen LogP contribution in [-0.2, 0) is 16.1 Å². The van der Waals surface area contributed by atoms with Crippen LogP contribution in [-0.4, -0.2) is 40.3 Å². The largest absolute Gasteiger partial charge is 0.338 e. The van der Waals surface area contributed by atoms with Crippen LogP contribution in [0.2, 0.25) is 0 Å². The van der Waals surface area contributed by atoms with Gasteiger partial charge >= 0.3 is 0 Å². The smallest absolute Gasteiger partial charge is 0.268 e. The van der Waals surface area contributed by atoms with Crippen molar-refractivity contribution in [3.8, 4) is 0 Å². The van der Waals surface area contributed by atoms with Crippen LogP contribution >= 0.6 is 27.3 Å². The molecule has 28 heavy (non-hydrogen) atoms. The molecule has 2 amide bonds. The van der Waals surface area contributed by atoms with Crippen molar-refractivity contribution in [1.82, 2.24) is 14.9 Å². The van der Waals surface area contributed by atoms with E-state index in [2.05, 4.69) is 25.9 Å². The SMILES string of the molecule is CN(Cc1nc2ccsc2c(=O)[nH]1)C(=O)C1CCN(c2cccc(Br)c2)C1=O. The zero-order chi connectivity index (χ0) is 19.8. The molecule has 1 atom stereocenters. The molecule has 9 heteroatoms. The van der Waals surface area contributed by atoms with Gasteiger partial charge in [0.2, 0.25) is 11.8 Å². The van der Waals surface area contributed by atoms with E-state index in [1.54, 1.807) is 23.4 Å². The van der Waals surface area contributed by atoms with Crippen molar-refractivity contribution in [2.75, 3.05) is 18.5 Å². The summed E-state index contributed by atoms with van der Waals surface area (Å²) in [6.07, 6.45) is 0.460. The highest BCUT2D eigenvalue weighted by Crippen LogP contribution is 2.28. The Hall–Kier alpha value is -2.52. The van der Waals surface area contributed by atoms with Gasteiger partial charge in [0.25, 0.3) is 5.56 Å². The van der Waals surface area contributed by atoms with Gasteiger partial charge in [0.15, 0.2) is 0 Å². The van der Waals surface area contributed by atoms with E-state index in [1.165, 1.54) is 16.2 Å². The lowest BCUT2D eigenvalue weighted by Crippen LogP contribution is -2.38. The molecule has 4 rings (SSSR count). The number of aromatic nitrogens is 2. The second kappa shape index (κ2) is 7.48. The minimum atomic E-state index is -0.722. The summed E-state index contributed by atoms with van der Waals surface area (Å²) in [6.45, 7) is 0.635. The Bertz CT molecular complexity index is 1130. The van der Waals surface area contributed by atoms with E-state index in [-0.39, 0.29) is 23.9 Å². The third-order valence-corrected chi connectivity index (χ3v) is 6.15. The van der Waals surface area contributed by atoms with Gasteiger partial charge in [0.05, 0.1) is 12.1 Å². The molecule has 1 saturated heterocycles. The molecule has 144 valence electrons. The van der Waals surface area contributed by atoms with Gasteiger partial charge in [-0.15, -0.1) is 11.3 Å². The van der Waals surface area contributed by atoms with E-state index in [0.717, 1.165) is 10.2 Å². The number of thiophene rings is 1. The van der Waals surface area contributed by atoms with Gasteiger partial charge in [-0.25, -0.2) is 4.98 Å². The molecule has 3 aromatic rings. The van der Waals surface area contributed by atoms with Crippen LogP contribution in [0.3, 0.4) is 0 Å². The number of nitrogens with zero attached hydrogens (tertiary/aromatic N) is 3. The monoisotopic (exact) mass is 460 g/mol. The number of aromatic amines is 1. The van der Waals surface area contributed by atoms with Crippen LogP contribution in [0.1, 0.15) is 12.2 Å². The number of rotatable bonds is 4. The lowest BCUT2D eigenvalue weighted by Gasteiger charge is -2.21. The number of carbonyl (C=O) groups is 2. The molecule has 1 aliphatic rings. The van der Waals surface area contributed by atoms with Gasteiger partial charge in [-0.2, -0.15) is 0 Å². The molecule has 1 aromatic carbocycles. The number of H-pyrrole nitrogens is 1. The van der Waals surface area contributed by atoms with Crippen molar-refractivity contribution in [1.29, 1.82) is 0 Å². The maximum Gasteiger partial charge on any atom is 0.268 e. The highest BCUT2D eigenvalue weighted by molar-refractivity contribution is 9.10. The van der Waals surface area contributed by atoms with E-state index in [0.29, 0.717) is 29.0 Å². The molecular formula is C19H17BrN4O3S. The van der Waals surface area contributed by atoms with Crippen molar-refractivity contribution in [3.63, 3.8) is 0 Å². The molecule has 7 nitrogen and oxygen atoms in total. The molecule has 1 N–H and O–H groups in total. The number of halogens is 1. The Morgan fingerprint density at radius 1 is 1.39 bits per heavy atom. The number of anilines is 1. The number of fused-ring (bicyclic) bond motifs is 1. The Kier molecular flexibility index (Phi) is 5.03. The lowest BCUT2D eigenvalue weighted by molar-refractivity contribution is -0.139. The summed E-state index contributed by atoms with van der Waals surface area (Å²) >= 11 is 4.73. The van der Waals surface area contributed by atoms with E-state index in [1.807, 2.05) is 24.3 Å². The maximum atomic E-state index is 12.9. The first-order valence-electron chi connectivity index (χ1n) is 8.72. The predicted molar refractivity (Wildman–Crippen MR) is 111 cm³/mol. The molecular weight excluding hydrogens is 444 g/mol. The summed E-state index contributed by atoms with van der Waals surface area (Å²) in [4.78, 5) is 47.9. The van der Waals surface area contributed by atoms with Crippen molar-refractivity contribution < 1.29 is 9.59 Å². The van der Waals surface area contributed by atoms with Crippen molar-refractivity contribution in [3.05, 3.63) is 56.4 Å². The standard InChI is InChI=1S/C19H17BrN4O3S/c1-23(10-15-21-14-6-8-28-16(14)17(25)22-15)18(26)13-5-7-24(19(13)27)12-4-2-3-11(20)9-12/h2-4,6,8-9,13H,5,7,10H2,1H3,(H,21,22,25). The third-order valence-electron chi connectivity index (χ3n) is 4.75. The van der Waals surface area contributed by atoms with E-state index >= 15 is 0 Å². The van der Waals surface area contributed by atoms with Crippen molar-refractivity contribution >= 4 is 55.0 Å². The molecule has 2 aromatic heterocycles. The highest BCUT2D eigenvalue weighted by Gasteiger charge is 2.39. The summed E-state index contributed by atoms with van der Waals surface area (Å²) in [5, 5.41) is 1.80. The van der Waals surface area contributed by atoms with Gasteiger partial charge in [-0.3, -0.25) is 14.4 Å². The second-order valence-corrected chi connectivity index (χ2v) is 8.48. The molecule has 0 bridgehead atoms. The van der Waals surface area contributed by atoms with Crippen LogP contribution in [0.25, 0.3) is 10.2 Å².